The van der Waals surface area contributed by atoms with Gasteiger partial charge in [0.05, 0.1) is 6.04 Å². The van der Waals surface area contributed by atoms with Gasteiger partial charge in [-0.2, -0.15) is 0 Å². The van der Waals surface area contributed by atoms with Gasteiger partial charge in [0.25, 0.3) is 0 Å². The highest BCUT2D eigenvalue weighted by Gasteiger charge is 2.32. The molecule has 2 aromatic heterocycles. The zero-order chi connectivity index (χ0) is 14.9. The molecule has 0 N–H and O–H groups in total. The van der Waals surface area contributed by atoms with Crippen molar-refractivity contribution in [3.05, 3.63) is 35.5 Å². The van der Waals surface area contributed by atoms with E-state index in [0.29, 0.717) is 6.04 Å². The molecule has 1 unspecified atom stereocenters. The molecule has 0 spiro atoms. The van der Waals surface area contributed by atoms with Crippen LogP contribution in [0, 0.1) is 6.92 Å². The number of fused-ring (bicyclic) bond motifs is 1. The van der Waals surface area contributed by atoms with Crippen LogP contribution in [-0.2, 0) is 13.0 Å². The summed E-state index contributed by atoms with van der Waals surface area (Å²) in [6.45, 7) is 4.18. The molecule has 5 heteroatoms. The Kier molecular flexibility index (Phi) is 3.56. The normalized spacial score (nSPS) is 21.7. The Bertz CT molecular complexity index is 663. The highest BCUT2D eigenvalue weighted by Crippen LogP contribution is 2.35. The minimum atomic E-state index is 0.327. The molecule has 4 heterocycles. The summed E-state index contributed by atoms with van der Waals surface area (Å²) in [7, 11) is 0. The number of hydrogen-bond donors (Lipinski definition) is 0. The van der Waals surface area contributed by atoms with Gasteiger partial charge in [-0.25, -0.2) is 4.98 Å². The van der Waals surface area contributed by atoms with E-state index in [1.54, 1.807) is 0 Å². The van der Waals surface area contributed by atoms with Gasteiger partial charge in [0, 0.05) is 25.2 Å². The number of anilines is 1. The monoisotopic (exact) mass is 297 g/mol. The van der Waals surface area contributed by atoms with Crippen molar-refractivity contribution in [1.29, 1.82) is 0 Å². The lowest BCUT2D eigenvalue weighted by molar-refractivity contribution is 0.558. The maximum atomic E-state index is 4.71. The molecule has 0 aromatic carbocycles. The molecule has 2 aliphatic rings. The van der Waals surface area contributed by atoms with Crippen LogP contribution in [0.3, 0.4) is 0 Å². The standard InChI is InChI=1S/C17H23N5/c1-13-7-5-10-15(18-13)21-12-6-8-14(21)17-20-19-16-9-3-2-4-11-22(16)17/h5,7,10,14H,2-4,6,8-9,11-12H2,1H3. The molecule has 2 aromatic rings. The summed E-state index contributed by atoms with van der Waals surface area (Å²) in [5.41, 5.74) is 1.07. The van der Waals surface area contributed by atoms with Crippen molar-refractivity contribution in [1.82, 2.24) is 19.7 Å². The molecular weight excluding hydrogens is 274 g/mol. The maximum Gasteiger partial charge on any atom is 0.155 e. The summed E-state index contributed by atoms with van der Waals surface area (Å²) in [4.78, 5) is 7.13. The number of aryl methyl sites for hydroxylation is 2. The molecule has 2 aliphatic heterocycles. The van der Waals surface area contributed by atoms with E-state index >= 15 is 0 Å². The Balaban J connectivity index is 1.68. The largest absolute Gasteiger partial charge is 0.346 e. The zero-order valence-electron chi connectivity index (χ0n) is 13.2. The summed E-state index contributed by atoms with van der Waals surface area (Å²) < 4.78 is 2.38. The topological polar surface area (TPSA) is 46.8 Å². The summed E-state index contributed by atoms with van der Waals surface area (Å²) in [6.07, 6.45) is 7.20. The zero-order valence-corrected chi connectivity index (χ0v) is 13.2. The Morgan fingerprint density at radius 2 is 2.00 bits per heavy atom. The molecular formula is C17H23N5. The van der Waals surface area contributed by atoms with Gasteiger partial charge in [-0.05, 0) is 44.7 Å². The number of pyridine rings is 1. The lowest BCUT2D eigenvalue weighted by Crippen LogP contribution is -2.26. The Morgan fingerprint density at radius 3 is 2.91 bits per heavy atom. The Morgan fingerprint density at radius 1 is 1.05 bits per heavy atom. The molecule has 0 radical (unpaired) electrons. The lowest BCUT2D eigenvalue weighted by Gasteiger charge is -2.25. The van der Waals surface area contributed by atoms with Gasteiger partial charge in [0.2, 0.25) is 0 Å². The molecule has 1 atom stereocenters. The average Bonchev–Trinajstić information content (AvgIpc) is 3.08. The average molecular weight is 297 g/mol. The Hall–Kier alpha value is -1.91. The van der Waals surface area contributed by atoms with Crippen molar-refractivity contribution in [2.24, 2.45) is 0 Å². The van der Waals surface area contributed by atoms with E-state index in [9.17, 15) is 0 Å². The third kappa shape index (κ3) is 2.38. The van der Waals surface area contributed by atoms with Crippen molar-refractivity contribution in [2.45, 2.75) is 58.0 Å². The fourth-order valence-electron chi connectivity index (χ4n) is 3.75. The van der Waals surface area contributed by atoms with Crippen LogP contribution in [0.25, 0.3) is 0 Å². The second-order valence-corrected chi connectivity index (χ2v) is 6.43. The quantitative estimate of drug-likeness (QED) is 0.855. The van der Waals surface area contributed by atoms with E-state index < -0.39 is 0 Å². The van der Waals surface area contributed by atoms with Crippen LogP contribution in [0.2, 0.25) is 0 Å². The molecule has 0 saturated carbocycles. The first-order valence-electron chi connectivity index (χ1n) is 8.45. The second-order valence-electron chi connectivity index (χ2n) is 6.43. The first-order chi connectivity index (χ1) is 10.8. The van der Waals surface area contributed by atoms with Gasteiger partial charge in [0.1, 0.15) is 11.6 Å². The number of aromatic nitrogens is 4. The molecule has 0 bridgehead atoms. The highest BCUT2D eigenvalue weighted by atomic mass is 15.3. The van der Waals surface area contributed by atoms with E-state index in [0.717, 1.165) is 43.3 Å². The first-order valence-corrected chi connectivity index (χ1v) is 8.45. The number of rotatable bonds is 2. The first kappa shape index (κ1) is 13.7. The van der Waals surface area contributed by atoms with Gasteiger partial charge < -0.3 is 9.47 Å². The summed E-state index contributed by atoms with van der Waals surface area (Å²) >= 11 is 0. The summed E-state index contributed by atoms with van der Waals surface area (Å²) in [5.74, 6) is 3.41. The van der Waals surface area contributed by atoms with Gasteiger partial charge in [0.15, 0.2) is 5.82 Å². The molecule has 0 amide bonds. The lowest BCUT2D eigenvalue weighted by atomic mass is 10.2. The van der Waals surface area contributed by atoms with Crippen molar-refractivity contribution >= 4 is 5.82 Å². The van der Waals surface area contributed by atoms with Crippen LogP contribution in [0.1, 0.15) is 55.5 Å². The van der Waals surface area contributed by atoms with Crippen molar-refractivity contribution in [2.75, 3.05) is 11.4 Å². The fraction of sp³-hybridized carbons (Fsp3) is 0.588. The van der Waals surface area contributed by atoms with Crippen molar-refractivity contribution in [3.8, 4) is 0 Å². The minimum Gasteiger partial charge on any atom is -0.346 e. The summed E-state index contributed by atoms with van der Waals surface area (Å²) in [5, 5.41) is 9.04. The number of nitrogens with zero attached hydrogens (tertiary/aromatic N) is 5. The molecule has 5 nitrogen and oxygen atoms in total. The molecule has 0 aliphatic carbocycles. The smallest absolute Gasteiger partial charge is 0.155 e. The SMILES string of the molecule is Cc1cccc(N2CCCC2c2nnc3n2CCCCC3)n1. The van der Waals surface area contributed by atoms with E-state index in [2.05, 4.69) is 44.8 Å². The van der Waals surface area contributed by atoms with Crippen LogP contribution in [0.15, 0.2) is 18.2 Å². The predicted molar refractivity (Wildman–Crippen MR) is 85.9 cm³/mol. The van der Waals surface area contributed by atoms with Crippen molar-refractivity contribution in [3.63, 3.8) is 0 Å². The number of hydrogen-bond acceptors (Lipinski definition) is 4. The fourth-order valence-corrected chi connectivity index (χ4v) is 3.75. The molecule has 4 rings (SSSR count). The minimum absolute atomic E-state index is 0.327. The van der Waals surface area contributed by atoms with E-state index in [4.69, 9.17) is 4.98 Å². The van der Waals surface area contributed by atoms with Crippen LogP contribution in [0.4, 0.5) is 5.82 Å². The maximum absolute atomic E-state index is 4.71. The predicted octanol–water partition coefficient (Wildman–Crippen LogP) is 3.05. The van der Waals surface area contributed by atoms with Gasteiger partial charge in [-0.15, -0.1) is 10.2 Å². The van der Waals surface area contributed by atoms with E-state index in [1.165, 1.54) is 31.5 Å². The third-order valence-corrected chi connectivity index (χ3v) is 4.86. The van der Waals surface area contributed by atoms with Crippen LogP contribution in [0.5, 0.6) is 0 Å². The van der Waals surface area contributed by atoms with Crippen LogP contribution in [-0.4, -0.2) is 26.3 Å². The molecule has 22 heavy (non-hydrogen) atoms. The third-order valence-electron chi connectivity index (χ3n) is 4.86. The Labute approximate surface area is 131 Å². The van der Waals surface area contributed by atoms with Gasteiger partial charge in [-0.1, -0.05) is 12.5 Å². The molecule has 116 valence electrons. The van der Waals surface area contributed by atoms with Crippen LogP contribution < -0.4 is 4.90 Å². The summed E-state index contributed by atoms with van der Waals surface area (Å²) in [6, 6.07) is 6.59. The van der Waals surface area contributed by atoms with Crippen molar-refractivity contribution < 1.29 is 0 Å². The van der Waals surface area contributed by atoms with Crippen LogP contribution >= 0.6 is 0 Å². The molecule has 1 fully saturated rings. The highest BCUT2D eigenvalue weighted by molar-refractivity contribution is 5.43. The van der Waals surface area contributed by atoms with E-state index in [1.807, 2.05) is 0 Å². The van der Waals surface area contributed by atoms with E-state index in [-0.39, 0.29) is 0 Å². The van der Waals surface area contributed by atoms with Gasteiger partial charge in [-0.3, -0.25) is 0 Å². The second kappa shape index (κ2) is 5.71. The van der Waals surface area contributed by atoms with Gasteiger partial charge >= 0.3 is 0 Å². The molecule has 1 saturated heterocycles.